The van der Waals surface area contributed by atoms with Gasteiger partial charge in [-0.15, -0.1) is 0 Å². The van der Waals surface area contributed by atoms with Gasteiger partial charge in [0.25, 0.3) is 0 Å². The number of carbonyl (C=O) groups is 1. The molecule has 2 atom stereocenters. The van der Waals surface area contributed by atoms with E-state index in [2.05, 4.69) is 13.8 Å². The largest absolute Gasteiger partial charge is 0.457 e. The minimum absolute atomic E-state index is 0.0705. The van der Waals surface area contributed by atoms with Crippen LogP contribution in [0.1, 0.15) is 45.8 Å². The fraction of sp³-hybridized carbons (Fsp3) is 0.533. The van der Waals surface area contributed by atoms with Crippen molar-refractivity contribution >= 4 is 5.97 Å². The molecule has 2 heteroatoms. The summed E-state index contributed by atoms with van der Waals surface area (Å²) in [5, 5.41) is 0. The molecule has 1 aromatic carbocycles. The lowest BCUT2D eigenvalue weighted by molar-refractivity contribution is -0.156. The zero-order valence-corrected chi connectivity index (χ0v) is 11.0. The summed E-state index contributed by atoms with van der Waals surface area (Å²) in [6, 6.07) is 9.85. The summed E-state index contributed by atoms with van der Waals surface area (Å²) in [6.45, 7) is 8.14. The summed E-state index contributed by atoms with van der Waals surface area (Å²) in [7, 11) is 0. The van der Waals surface area contributed by atoms with Crippen molar-refractivity contribution < 1.29 is 9.53 Å². The molecule has 2 nitrogen and oxygen atoms in total. The minimum Gasteiger partial charge on any atom is -0.457 e. The van der Waals surface area contributed by atoms with Crippen LogP contribution in [0.2, 0.25) is 0 Å². The van der Waals surface area contributed by atoms with Crippen molar-refractivity contribution in [1.29, 1.82) is 0 Å². The maximum atomic E-state index is 12.1. The predicted molar refractivity (Wildman–Crippen MR) is 67.5 cm³/mol. The Morgan fingerprint density at radius 3 is 2.24 bits per heavy atom. The van der Waals surface area contributed by atoms with Gasteiger partial charge in [0, 0.05) is 0 Å². The van der Waals surface area contributed by atoms with E-state index < -0.39 is 0 Å². The van der Waals surface area contributed by atoms with Crippen LogP contribution in [0.4, 0.5) is 0 Å². The smallest absolute Gasteiger partial charge is 0.312 e. The van der Waals surface area contributed by atoms with Gasteiger partial charge >= 0.3 is 5.97 Å². The van der Waals surface area contributed by atoms with E-state index in [-0.39, 0.29) is 22.9 Å². The van der Waals surface area contributed by atoms with E-state index in [9.17, 15) is 4.79 Å². The highest BCUT2D eigenvalue weighted by Crippen LogP contribution is 2.63. The molecule has 2 unspecified atom stereocenters. The molecule has 0 aliphatic heterocycles. The lowest BCUT2D eigenvalue weighted by Gasteiger charge is -2.19. The summed E-state index contributed by atoms with van der Waals surface area (Å²) in [4.78, 5) is 12.1. The molecule has 0 saturated heterocycles. The molecular weight excluding hydrogens is 212 g/mol. The van der Waals surface area contributed by atoms with Gasteiger partial charge in [-0.3, -0.25) is 4.79 Å². The SMILES string of the molecule is CC(OC(=O)C1(C)CC1(C)C)c1ccccc1. The number of carbonyl (C=O) groups excluding carboxylic acids is 1. The molecule has 0 heterocycles. The Morgan fingerprint density at radius 2 is 1.76 bits per heavy atom. The van der Waals surface area contributed by atoms with Crippen molar-refractivity contribution in [2.24, 2.45) is 10.8 Å². The van der Waals surface area contributed by atoms with Crippen LogP contribution in [-0.2, 0) is 9.53 Å². The van der Waals surface area contributed by atoms with Gasteiger partial charge in [0.2, 0.25) is 0 Å². The van der Waals surface area contributed by atoms with E-state index in [1.165, 1.54) is 0 Å². The van der Waals surface area contributed by atoms with Gasteiger partial charge in [-0.1, -0.05) is 44.2 Å². The normalized spacial score (nSPS) is 27.3. The van der Waals surface area contributed by atoms with E-state index in [0.717, 1.165) is 12.0 Å². The number of esters is 1. The monoisotopic (exact) mass is 232 g/mol. The van der Waals surface area contributed by atoms with Crippen LogP contribution >= 0.6 is 0 Å². The van der Waals surface area contributed by atoms with Crippen LogP contribution in [0.5, 0.6) is 0 Å². The Morgan fingerprint density at radius 1 is 1.24 bits per heavy atom. The maximum absolute atomic E-state index is 12.1. The molecule has 1 aliphatic carbocycles. The van der Waals surface area contributed by atoms with Crippen LogP contribution in [0, 0.1) is 10.8 Å². The number of rotatable bonds is 3. The van der Waals surface area contributed by atoms with Crippen LogP contribution in [-0.4, -0.2) is 5.97 Å². The van der Waals surface area contributed by atoms with Gasteiger partial charge in [0.15, 0.2) is 0 Å². The average Bonchev–Trinajstić information content (AvgIpc) is 2.81. The van der Waals surface area contributed by atoms with E-state index in [4.69, 9.17) is 4.74 Å². The summed E-state index contributed by atoms with van der Waals surface area (Å²) in [6.07, 6.45) is 0.747. The molecule has 2 rings (SSSR count). The highest BCUT2D eigenvalue weighted by molar-refractivity contribution is 5.81. The Bertz CT molecular complexity index is 422. The van der Waals surface area contributed by atoms with Gasteiger partial charge in [-0.25, -0.2) is 0 Å². The second-order valence-corrected chi connectivity index (χ2v) is 5.85. The Labute approximate surface area is 103 Å². The van der Waals surface area contributed by atoms with Gasteiger partial charge in [-0.05, 0) is 31.2 Å². The first kappa shape index (κ1) is 12.2. The highest BCUT2D eigenvalue weighted by atomic mass is 16.5. The Hall–Kier alpha value is -1.31. The zero-order chi connectivity index (χ0) is 12.7. The van der Waals surface area contributed by atoms with Crippen molar-refractivity contribution in [2.45, 2.75) is 40.2 Å². The third-order valence-electron chi connectivity index (χ3n) is 4.17. The molecule has 1 saturated carbocycles. The third-order valence-corrected chi connectivity index (χ3v) is 4.17. The van der Waals surface area contributed by atoms with Crippen molar-refractivity contribution in [1.82, 2.24) is 0 Å². The molecule has 0 N–H and O–H groups in total. The predicted octanol–water partition coefficient (Wildman–Crippen LogP) is 3.73. The summed E-state index contributed by atoms with van der Waals surface area (Å²) in [5.74, 6) is -0.0705. The van der Waals surface area contributed by atoms with Gasteiger partial charge in [-0.2, -0.15) is 0 Å². The van der Waals surface area contributed by atoms with E-state index in [0.29, 0.717) is 0 Å². The molecule has 1 fully saturated rings. The lowest BCUT2D eigenvalue weighted by atomic mass is 9.98. The third kappa shape index (κ3) is 2.08. The number of benzene rings is 1. The number of hydrogen-bond acceptors (Lipinski definition) is 2. The molecule has 1 aliphatic rings. The molecule has 0 bridgehead atoms. The molecule has 0 spiro atoms. The van der Waals surface area contributed by atoms with E-state index >= 15 is 0 Å². The number of ether oxygens (including phenoxy) is 1. The Balaban J connectivity index is 2.01. The first-order chi connectivity index (χ1) is 7.87. The van der Waals surface area contributed by atoms with Crippen LogP contribution in [0.15, 0.2) is 30.3 Å². The maximum Gasteiger partial charge on any atom is 0.312 e. The summed E-state index contributed by atoms with van der Waals surface area (Å²) in [5.41, 5.74) is 0.833. The van der Waals surface area contributed by atoms with Crippen molar-refractivity contribution in [2.75, 3.05) is 0 Å². The summed E-state index contributed by atoms with van der Waals surface area (Å²) >= 11 is 0. The second-order valence-electron chi connectivity index (χ2n) is 5.85. The van der Waals surface area contributed by atoms with Gasteiger partial charge < -0.3 is 4.74 Å². The molecule has 0 amide bonds. The fourth-order valence-corrected chi connectivity index (χ4v) is 2.27. The van der Waals surface area contributed by atoms with Crippen molar-refractivity contribution in [3.8, 4) is 0 Å². The molecule has 0 aromatic heterocycles. The number of hydrogen-bond donors (Lipinski definition) is 0. The standard InChI is InChI=1S/C15H20O2/c1-11(12-8-6-5-7-9-12)17-13(16)15(4)10-14(15,2)3/h5-9,11H,10H2,1-4H3. The van der Waals surface area contributed by atoms with Crippen molar-refractivity contribution in [3.63, 3.8) is 0 Å². The molecule has 0 radical (unpaired) electrons. The molecule has 17 heavy (non-hydrogen) atoms. The first-order valence-corrected chi connectivity index (χ1v) is 6.13. The average molecular weight is 232 g/mol. The minimum atomic E-state index is -0.296. The summed E-state index contributed by atoms with van der Waals surface area (Å²) < 4.78 is 5.56. The molecule has 92 valence electrons. The first-order valence-electron chi connectivity index (χ1n) is 6.13. The quantitative estimate of drug-likeness (QED) is 0.742. The lowest BCUT2D eigenvalue weighted by Crippen LogP contribution is -2.22. The zero-order valence-electron chi connectivity index (χ0n) is 11.0. The topological polar surface area (TPSA) is 26.3 Å². The highest BCUT2D eigenvalue weighted by Gasteiger charge is 2.64. The van der Waals surface area contributed by atoms with Crippen LogP contribution in [0.25, 0.3) is 0 Å². The van der Waals surface area contributed by atoms with E-state index in [1.54, 1.807) is 0 Å². The van der Waals surface area contributed by atoms with Gasteiger partial charge in [0.05, 0.1) is 5.41 Å². The van der Waals surface area contributed by atoms with Crippen LogP contribution in [0.3, 0.4) is 0 Å². The second kappa shape index (κ2) is 3.86. The Kier molecular flexibility index (Phi) is 2.76. The van der Waals surface area contributed by atoms with Crippen molar-refractivity contribution in [3.05, 3.63) is 35.9 Å². The van der Waals surface area contributed by atoms with Crippen LogP contribution < -0.4 is 0 Å². The fourth-order valence-electron chi connectivity index (χ4n) is 2.27. The molecule has 1 aromatic rings. The van der Waals surface area contributed by atoms with E-state index in [1.807, 2.05) is 44.2 Å². The molecular formula is C15H20O2. The van der Waals surface area contributed by atoms with Gasteiger partial charge in [0.1, 0.15) is 6.10 Å².